The number of carbonyl (C=O) groups excluding carboxylic acids is 1. The number of furan rings is 1. The Morgan fingerprint density at radius 3 is 2.97 bits per heavy atom. The van der Waals surface area contributed by atoms with Crippen LogP contribution in [0.15, 0.2) is 41.0 Å². The quantitative estimate of drug-likeness (QED) is 0.608. The topological polar surface area (TPSA) is 106 Å². The molecule has 2 N–H and O–H groups in total. The number of fused-ring (bicyclic) bond motifs is 1. The highest BCUT2D eigenvalue weighted by Crippen LogP contribution is 2.25. The molecular weight excluding hydrogens is 386 g/mol. The van der Waals surface area contributed by atoms with Gasteiger partial charge in [-0.1, -0.05) is 6.07 Å². The number of hydrogen-bond acceptors (Lipinski definition) is 7. The molecule has 3 aromatic rings. The number of aromatic hydroxyl groups is 1. The number of rotatable bonds is 7. The Morgan fingerprint density at radius 2 is 2.17 bits per heavy atom. The maximum Gasteiger partial charge on any atom is 0.286 e. The molecule has 0 saturated heterocycles. The molecule has 0 saturated carbocycles. The Hall–Kier alpha value is -3.33. The van der Waals surface area contributed by atoms with Crippen LogP contribution in [0.3, 0.4) is 0 Å². The molecule has 0 bridgehead atoms. The maximum absolute atomic E-state index is 12.0. The van der Waals surface area contributed by atoms with E-state index in [1.54, 1.807) is 31.4 Å². The number of phenolic OH excluding ortho intramolecular Hbond substituents is 1. The minimum Gasteiger partial charge on any atom is -0.508 e. The Balaban J connectivity index is 1.34. The van der Waals surface area contributed by atoms with Gasteiger partial charge >= 0.3 is 0 Å². The number of benzene rings is 1. The average Bonchev–Trinajstić information content (AvgIpc) is 3.37. The molecule has 0 fully saturated rings. The van der Waals surface area contributed by atoms with E-state index in [4.69, 9.17) is 9.15 Å². The molecule has 0 spiro atoms. The molecule has 1 aliphatic rings. The molecule has 0 atom stereocenters. The fourth-order valence-corrected chi connectivity index (χ4v) is 3.66. The third-order valence-corrected chi connectivity index (χ3v) is 5.24. The monoisotopic (exact) mass is 411 g/mol. The van der Waals surface area contributed by atoms with Gasteiger partial charge in [-0.25, -0.2) is 0 Å². The first-order valence-electron chi connectivity index (χ1n) is 9.95. The molecule has 0 radical (unpaired) electrons. The van der Waals surface area contributed by atoms with Crippen molar-refractivity contribution in [1.29, 1.82) is 0 Å². The first-order valence-corrected chi connectivity index (χ1v) is 9.95. The van der Waals surface area contributed by atoms with Crippen molar-refractivity contribution in [2.75, 3.05) is 26.7 Å². The van der Waals surface area contributed by atoms with Crippen molar-refractivity contribution in [3.63, 3.8) is 0 Å². The van der Waals surface area contributed by atoms with Crippen molar-refractivity contribution >= 4 is 5.91 Å². The summed E-state index contributed by atoms with van der Waals surface area (Å²) in [5.74, 6) is 2.78. The van der Waals surface area contributed by atoms with Crippen molar-refractivity contribution < 1.29 is 19.1 Å². The van der Waals surface area contributed by atoms with E-state index < -0.39 is 0 Å². The number of nitrogens with one attached hydrogen (secondary N) is 1. The standard InChI is InChI=1S/C21H25N5O4/c1-29-18-13-16(27)5-4-15(18)14-25-9-7-20-24-23-19(26(20)11-10-25)6-8-22-21(28)17-3-2-12-30-17/h2-5,12-13,27H,6-11,14H2,1H3,(H,22,28). The molecule has 0 aliphatic carbocycles. The van der Waals surface area contributed by atoms with E-state index in [0.717, 1.165) is 49.8 Å². The van der Waals surface area contributed by atoms with Crippen molar-refractivity contribution in [1.82, 2.24) is 25.0 Å². The van der Waals surface area contributed by atoms with Gasteiger partial charge in [0, 0.05) is 57.2 Å². The highest BCUT2D eigenvalue weighted by Gasteiger charge is 2.20. The second-order valence-corrected chi connectivity index (χ2v) is 7.19. The van der Waals surface area contributed by atoms with E-state index in [1.807, 2.05) is 6.07 Å². The van der Waals surface area contributed by atoms with Gasteiger partial charge in [0.15, 0.2) is 5.76 Å². The normalized spacial score (nSPS) is 14.2. The van der Waals surface area contributed by atoms with E-state index in [1.165, 1.54) is 6.26 Å². The number of ether oxygens (including phenoxy) is 1. The van der Waals surface area contributed by atoms with Crippen molar-refractivity contribution in [3.05, 3.63) is 59.6 Å². The number of aromatic nitrogens is 3. The summed E-state index contributed by atoms with van der Waals surface area (Å²) in [4.78, 5) is 14.3. The third kappa shape index (κ3) is 4.46. The second-order valence-electron chi connectivity index (χ2n) is 7.19. The first kappa shape index (κ1) is 20.0. The third-order valence-electron chi connectivity index (χ3n) is 5.24. The fraction of sp³-hybridized carbons (Fsp3) is 0.381. The molecule has 2 aromatic heterocycles. The van der Waals surface area contributed by atoms with Crippen LogP contribution in [0.1, 0.15) is 27.8 Å². The zero-order chi connectivity index (χ0) is 20.9. The Labute approximate surface area is 174 Å². The van der Waals surface area contributed by atoms with Crippen LogP contribution in [0.5, 0.6) is 11.5 Å². The summed E-state index contributed by atoms with van der Waals surface area (Å²) in [5, 5.41) is 21.2. The molecular formula is C21H25N5O4. The minimum absolute atomic E-state index is 0.196. The highest BCUT2D eigenvalue weighted by molar-refractivity contribution is 5.91. The predicted molar refractivity (Wildman–Crippen MR) is 108 cm³/mol. The maximum atomic E-state index is 12.0. The lowest BCUT2D eigenvalue weighted by Gasteiger charge is -2.21. The van der Waals surface area contributed by atoms with Crippen molar-refractivity contribution in [2.45, 2.75) is 25.9 Å². The van der Waals surface area contributed by atoms with Gasteiger partial charge in [0.05, 0.1) is 13.4 Å². The zero-order valence-electron chi connectivity index (χ0n) is 16.9. The van der Waals surface area contributed by atoms with Crippen LogP contribution >= 0.6 is 0 Å². The summed E-state index contributed by atoms with van der Waals surface area (Å²) in [6.07, 6.45) is 2.88. The van der Waals surface area contributed by atoms with Gasteiger partial charge < -0.3 is 24.1 Å². The number of carbonyl (C=O) groups is 1. The molecule has 1 amide bonds. The summed E-state index contributed by atoms with van der Waals surface area (Å²) >= 11 is 0. The van der Waals surface area contributed by atoms with Crippen LogP contribution in [0.2, 0.25) is 0 Å². The molecule has 30 heavy (non-hydrogen) atoms. The zero-order valence-corrected chi connectivity index (χ0v) is 16.9. The van der Waals surface area contributed by atoms with Crippen LogP contribution in [-0.2, 0) is 25.9 Å². The molecule has 1 aromatic carbocycles. The number of phenols is 1. The van der Waals surface area contributed by atoms with E-state index in [9.17, 15) is 9.90 Å². The second kappa shape index (κ2) is 9.00. The summed E-state index contributed by atoms with van der Waals surface area (Å²) in [6.45, 7) is 3.69. The van der Waals surface area contributed by atoms with Crippen LogP contribution in [0.25, 0.3) is 0 Å². The lowest BCUT2D eigenvalue weighted by atomic mass is 10.1. The minimum atomic E-state index is -0.232. The molecule has 3 heterocycles. The summed E-state index contributed by atoms with van der Waals surface area (Å²) in [5.41, 5.74) is 1.04. The highest BCUT2D eigenvalue weighted by atomic mass is 16.5. The summed E-state index contributed by atoms with van der Waals surface area (Å²) in [7, 11) is 1.61. The van der Waals surface area contributed by atoms with Gasteiger partial charge in [0.1, 0.15) is 23.1 Å². The molecule has 9 nitrogen and oxygen atoms in total. The van der Waals surface area contributed by atoms with Crippen LogP contribution in [-0.4, -0.2) is 57.4 Å². The Bertz CT molecular complexity index is 999. The van der Waals surface area contributed by atoms with E-state index in [2.05, 4.69) is 25.0 Å². The first-order chi connectivity index (χ1) is 14.6. The van der Waals surface area contributed by atoms with Gasteiger partial charge in [-0.3, -0.25) is 9.69 Å². The predicted octanol–water partition coefficient (Wildman–Crippen LogP) is 1.62. The molecule has 0 unspecified atom stereocenters. The molecule has 1 aliphatic heterocycles. The van der Waals surface area contributed by atoms with Crippen molar-refractivity contribution in [3.8, 4) is 11.5 Å². The number of amides is 1. The van der Waals surface area contributed by atoms with Crippen LogP contribution in [0.4, 0.5) is 0 Å². The molecule has 158 valence electrons. The molecule has 9 heteroatoms. The molecule has 4 rings (SSSR count). The average molecular weight is 411 g/mol. The largest absolute Gasteiger partial charge is 0.508 e. The van der Waals surface area contributed by atoms with Gasteiger partial charge in [0.2, 0.25) is 0 Å². The lowest BCUT2D eigenvalue weighted by molar-refractivity contribution is 0.0926. The van der Waals surface area contributed by atoms with Crippen LogP contribution in [0, 0.1) is 0 Å². The Morgan fingerprint density at radius 1 is 1.27 bits per heavy atom. The Kier molecular flexibility index (Phi) is 5.99. The van der Waals surface area contributed by atoms with E-state index >= 15 is 0 Å². The van der Waals surface area contributed by atoms with Crippen LogP contribution < -0.4 is 10.1 Å². The smallest absolute Gasteiger partial charge is 0.286 e. The number of nitrogens with zero attached hydrogens (tertiary/aromatic N) is 4. The number of methoxy groups -OCH3 is 1. The SMILES string of the molecule is COc1cc(O)ccc1CN1CCc2nnc(CCNC(=O)c3ccco3)n2CC1. The number of hydrogen-bond donors (Lipinski definition) is 2. The van der Waals surface area contributed by atoms with Gasteiger partial charge in [-0.05, 0) is 18.2 Å². The van der Waals surface area contributed by atoms with Crippen molar-refractivity contribution in [2.24, 2.45) is 0 Å². The van der Waals surface area contributed by atoms with E-state index in [-0.39, 0.29) is 11.7 Å². The van der Waals surface area contributed by atoms with Gasteiger partial charge in [0.25, 0.3) is 5.91 Å². The summed E-state index contributed by atoms with van der Waals surface area (Å²) in [6, 6.07) is 8.53. The van der Waals surface area contributed by atoms with Gasteiger partial charge in [-0.15, -0.1) is 10.2 Å². The van der Waals surface area contributed by atoms with Gasteiger partial charge in [-0.2, -0.15) is 0 Å². The summed E-state index contributed by atoms with van der Waals surface area (Å²) < 4.78 is 12.6. The lowest BCUT2D eigenvalue weighted by Crippen LogP contribution is -2.28. The van der Waals surface area contributed by atoms with E-state index in [0.29, 0.717) is 24.5 Å². The fourth-order valence-electron chi connectivity index (χ4n) is 3.66.